The van der Waals surface area contributed by atoms with Gasteiger partial charge in [-0.05, 0) is 12.1 Å². The molecular weight excluding hydrogens is 184 g/mol. The van der Waals surface area contributed by atoms with E-state index in [2.05, 4.69) is 10.3 Å². The smallest absolute Gasteiger partial charge is 0.279 e. The maximum atomic E-state index is 11.1. The Labute approximate surface area is 80.3 Å². The van der Waals surface area contributed by atoms with Crippen LogP contribution in [-0.2, 0) is 4.79 Å². The first-order chi connectivity index (χ1) is 6.36. The largest absolute Gasteiger partial charge is 0.365 e. The number of hydrogen-bond donors (Lipinski definition) is 1. The van der Waals surface area contributed by atoms with Gasteiger partial charge in [-0.25, -0.2) is 4.99 Å². The lowest BCUT2D eigenvalue weighted by molar-refractivity contribution is -0.116. The molecule has 3 nitrogen and oxygen atoms in total. The molecule has 0 saturated carbocycles. The average Bonchev–Trinajstić information content (AvgIpc) is 2.54. The Balaban J connectivity index is 2.03. The molecule has 1 atom stereocenters. The predicted octanol–water partition coefficient (Wildman–Crippen LogP) is 1.73. The van der Waals surface area contributed by atoms with E-state index in [0.717, 1.165) is 5.69 Å². The first-order valence-corrected chi connectivity index (χ1v) is 4.84. The zero-order valence-corrected chi connectivity index (χ0v) is 7.62. The van der Waals surface area contributed by atoms with E-state index >= 15 is 0 Å². The van der Waals surface area contributed by atoms with Crippen molar-refractivity contribution in [3.8, 4) is 0 Å². The van der Waals surface area contributed by atoms with Crippen molar-refractivity contribution in [2.75, 3.05) is 5.32 Å². The van der Waals surface area contributed by atoms with Gasteiger partial charge in [-0.15, -0.1) is 0 Å². The fourth-order valence-electron chi connectivity index (χ4n) is 1.05. The number of thioether (sulfide) groups is 1. The van der Waals surface area contributed by atoms with Gasteiger partial charge in [0.05, 0.1) is 5.55 Å². The number of hydrogen-bond acceptors (Lipinski definition) is 3. The van der Waals surface area contributed by atoms with Gasteiger partial charge < -0.3 is 5.32 Å². The zero-order valence-electron chi connectivity index (χ0n) is 6.81. The van der Waals surface area contributed by atoms with E-state index in [4.69, 9.17) is 0 Å². The molecule has 1 aromatic carbocycles. The van der Waals surface area contributed by atoms with E-state index in [-0.39, 0.29) is 11.3 Å². The molecule has 1 amide bonds. The second-order valence-corrected chi connectivity index (χ2v) is 3.55. The van der Waals surface area contributed by atoms with Crippen molar-refractivity contribution >= 4 is 28.9 Å². The van der Waals surface area contributed by atoms with Gasteiger partial charge in [-0.3, -0.25) is 4.79 Å². The van der Waals surface area contributed by atoms with E-state index in [1.165, 1.54) is 11.8 Å². The maximum absolute atomic E-state index is 11.1. The Morgan fingerprint density at radius 1 is 1.31 bits per heavy atom. The molecule has 4 heteroatoms. The molecule has 1 heterocycles. The first kappa shape index (κ1) is 8.31. The summed E-state index contributed by atoms with van der Waals surface area (Å²) in [5.74, 6) is -0.117. The molecule has 0 fully saturated rings. The minimum absolute atomic E-state index is 0.117. The van der Waals surface area contributed by atoms with Crippen LogP contribution < -0.4 is 5.32 Å². The summed E-state index contributed by atoms with van der Waals surface area (Å²) in [7, 11) is 0. The molecule has 2 rings (SSSR count). The minimum Gasteiger partial charge on any atom is -0.365 e. The third-order valence-corrected chi connectivity index (χ3v) is 2.49. The van der Waals surface area contributed by atoms with Crippen molar-refractivity contribution in [1.29, 1.82) is 0 Å². The van der Waals surface area contributed by atoms with Crippen LogP contribution in [0.1, 0.15) is 0 Å². The second-order valence-electron chi connectivity index (χ2n) is 2.60. The van der Waals surface area contributed by atoms with Crippen LogP contribution in [0.5, 0.6) is 0 Å². The number of aliphatic imine (C=N–C) groups is 1. The number of amides is 1. The SMILES string of the molecule is O=C1N=CSC1Nc1ccccc1. The van der Waals surface area contributed by atoms with E-state index < -0.39 is 0 Å². The normalized spacial score (nSPS) is 20.6. The number of rotatable bonds is 2. The Hall–Kier alpha value is -1.29. The fraction of sp³-hybridized carbons (Fsp3) is 0.111. The molecule has 66 valence electrons. The minimum atomic E-state index is -0.248. The van der Waals surface area contributed by atoms with Crippen LogP contribution in [-0.4, -0.2) is 16.8 Å². The quantitative estimate of drug-likeness (QED) is 0.775. The van der Waals surface area contributed by atoms with E-state index in [1.807, 2.05) is 30.3 Å². The van der Waals surface area contributed by atoms with E-state index in [0.29, 0.717) is 0 Å². The molecule has 1 aliphatic rings. The average molecular weight is 192 g/mol. The van der Waals surface area contributed by atoms with Gasteiger partial charge in [0.25, 0.3) is 5.91 Å². The summed E-state index contributed by atoms with van der Waals surface area (Å²) in [4.78, 5) is 14.7. The Morgan fingerprint density at radius 3 is 2.69 bits per heavy atom. The van der Waals surface area contributed by atoms with Crippen LogP contribution in [0.15, 0.2) is 35.3 Å². The zero-order chi connectivity index (χ0) is 9.10. The number of para-hydroxylation sites is 1. The Bertz CT molecular complexity index is 337. The lowest BCUT2D eigenvalue weighted by Crippen LogP contribution is -2.20. The molecule has 0 bridgehead atoms. The third kappa shape index (κ3) is 1.89. The van der Waals surface area contributed by atoms with Gasteiger partial charge in [0.2, 0.25) is 0 Å². The lowest BCUT2D eigenvalue weighted by Gasteiger charge is -2.09. The van der Waals surface area contributed by atoms with Crippen molar-refractivity contribution in [3.63, 3.8) is 0 Å². The van der Waals surface area contributed by atoms with Gasteiger partial charge >= 0.3 is 0 Å². The number of nitrogens with zero attached hydrogens (tertiary/aromatic N) is 1. The van der Waals surface area contributed by atoms with Crippen LogP contribution >= 0.6 is 11.8 Å². The van der Waals surface area contributed by atoms with E-state index in [1.54, 1.807) is 5.55 Å². The maximum Gasteiger partial charge on any atom is 0.279 e. The summed E-state index contributed by atoms with van der Waals surface area (Å²) in [6.45, 7) is 0. The summed E-state index contributed by atoms with van der Waals surface area (Å²) in [5.41, 5.74) is 2.52. The fourth-order valence-corrected chi connectivity index (χ4v) is 1.72. The predicted molar refractivity (Wildman–Crippen MR) is 54.9 cm³/mol. The molecule has 0 aliphatic carbocycles. The molecule has 0 aromatic heterocycles. The molecular formula is C9H8N2OS. The number of carbonyl (C=O) groups excluding carboxylic acids is 1. The molecule has 13 heavy (non-hydrogen) atoms. The highest BCUT2D eigenvalue weighted by atomic mass is 32.2. The van der Waals surface area contributed by atoms with Crippen molar-refractivity contribution < 1.29 is 4.79 Å². The van der Waals surface area contributed by atoms with Gasteiger partial charge in [-0.2, -0.15) is 0 Å². The van der Waals surface area contributed by atoms with Crippen LogP contribution in [0.3, 0.4) is 0 Å². The molecule has 1 unspecified atom stereocenters. The molecule has 0 spiro atoms. The monoisotopic (exact) mass is 192 g/mol. The summed E-state index contributed by atoms with van der Waals surface area (Å²) in [6, 6.07) is 9.63. The summed E-state index contributed by atoms with van der Waals surface area (Å²) < 4.78 is 0. The lowest BCUT2D eigenvalue weighted by atomic mass is 10.3. The highest BCUT2D eigenvalue weighted by Gasteiger charge is 2.21. The highest BCUT2D eigenvalue weighted by molar-refractivity contribution is 8.13. The molecule has 0 radical (unpaired) electrons. The van der Waals surface area contributed by atoms with Crippen molar-refractivity contribution in [1.82, 2.24) is 0 Å². The Morgan fingerprint density at radius 2 is 2.08 bits per heavy atom. The molecule has 1 aromatic rings. The second kappa shape index (κ2) is 3.62. The summed E-state index contributed by atoms with van der Waals surface area (Å²) in [5, 5.41) is 2.83. The number of nitrogens with one attached hydrogen (secondary N) is 1. The Kier molecular flexibility index (Phi) is 2.31. The summed E-state index contributed by atoms with van der Waals surface area (Å²) in [6.07, 6.45) is 0. The highest BCUT2D eigenvalue weighted by Crippen LogP contribution is 2.19. The first-order valence-electron chi connectivity index (χ1n) is 3.90. The van der Waals surface area contributed by atoms with Crippen molar-refractivity contribution in [2.24, 2.45) is 4.99 Å². The molecule has 1 aliphatic heterocycles. The van der Waals surface area contributed by atoms with E-state index in [9.17, 15) is 4.79 Å². The van der Waals surface area contributed by atoms with Crippen LogP contribution in [0.2, 0.25) is 0 Å². The number of carbonyl (C=O) groups is 1. The standard InChI is InChI=1S/C9H8N2OS/c12-8-9(13-6-10-8)11-7-4-2-1-3-5-7/h1-6,9,11H. The van der Waals surface area contributed by atoms with Gasteiger partial charge in [0.1, 0.15) is 0 Å². The van der Waals surface area contributed by atoms with Crippen LogP contribution in [0.25, 0.3) is 0 Å². The van der Waals surface area contributed by atoms with Crippen LogP contribution in [0.4, 0.5) is 5.69 Å². The third-order valence-electron chi connectivity index (χ3n) is 1.67. The summed E-state index contributed by atoms with van der Waals surface area (Å²) >= 11 is 1.39. The van der Waals surface area contributed by atoms with Crippen molar-refractivity contribution in [2.45, 2.75) is 5.37 Å². The van der Waals surface area contributed by atoms with Crippen LogP contribution in [0, 0.1) is 0 Å². The molecule has 1 N–H and O–H groups in total. The van der Waals surface area contributed by atoms with Crippen molar-refractivity contribution in [3.05, 3.63) is 30.3 Å². The van der Waals surface area contributed by atoms with Gasteiger partial charge in [0, 0.05) is 5.69 Å². The number of anilines is 1. The molecule has 0 saturated heterocycles. The topological polar surface area (TPSA) is 41.5 Å². The van der Waals surface area contributed by atoms with Gasteiger partial charge in [0.15, 0.2) is 5.37 Å². The van der Waals surface area contributed by atoms with Gasteiger partial charge in [-0.1, -0.05) is 30.0 Å². The number of benzene rings is 1.